The van der Waals surface area contributed by atoms with E-state index in [-0.39, 0.29) is 30.4 Å². The lowest BCUT2D eigenvalue weighted by Gasteiger charge is -2.26. The normalized spacial score (nSPS) is 29.2. The average molecular weight is 499 g/mol. The fourth-order valence-electron chi connectivity index (χ4n) is 5.72. The molecule has 0 unspecified atom stereocenters. The van der Waals surface area contributed by atoms with E-state index >= 15 is 0 Å². The number of nitrogens with one attached hydrogen (secondary N) is 1. The number of ether oxygens (including phenoxy) is 4. The molecule has 11 nitrogen and oxygen atoms in total. The van der Waals surface area contributed by atoms with Gasteiger partial charge in [0, 0.05) is 31.2 Å². The molecule has 1 aliphatic carbocycles. The highest BCUT2D eigenvalue weighted by molar-refractivity contribution is 5.68. The van der Waals surface area contributed by atoms with Gasteiger partial charge in [0.05, 0.1) is 26.4 Å². The van der Waals surface area contributed by atoms with E-state index in [1.165, 1.54) is 12.0 Å². The summed E-state index contributed by atoms with van der Waals surface area (Å²) in [6.07, 6.45) is 4.12. The summed E-state index contributed by atoms with van der Waals surface area (Å²) < 4.78 is 25.0. The Bertz CT molecular complexity index is 1020. The van der Waals surface area contributed by atoms with E-state index in [1.807, 2.05) is 0 Å². The maximum absolute atomic E-state index is 12.5. The summed E-state index contributed by atoms with van der Waals surface area (Å²) in [5.41, 5.74) is 2.18. The van der Waals surface area contributed by atoms with Crippen LogP contribution in [0.2, 0.25) is 0 Å². The number of rotatable bonds is 6. The zero-order valence-electron chi connectivity index (χ0n) is 20.5. The first-order chi connectivity index (χ1) is 17.7. The molecule has 4 fully saturated rings. The maximum atomic E-state index is 12.5. The summed E-state index contributed by atoms with van der Waals surface area (Å²) in [6.45, 7) is 5.09. The number of morpholine rings is 1. The average Bonchev–Trinajstić information content (AvgIpc) is 3.64. The van der Waals surface area contributed by atoms with Gasteiger partial charge in [-0.1, -0.05) is 43.5 Å². The molecule has 4 aliphatic rings. The van der Waals surface area contributed by atoms with E-state index in [1.54, 1.807) is 4.68 Å². The quantitative estimate of drug-likeness (QED) is 0.638. The number of hydrogen-bond acceptors (Lipinski definition) is 9. The Balaban J connectivity index is 1.08. The third kappa shape index (κ3) is 5.10. The SMILES string of the molecule is O=C(NC1CCCCC1)O[C@@H]1CO[C@H]2[C@@H]1OC[C@@H]2n1nnnc1-c1ccc(CN2CCOCC2)cc1. The summed E-state index contributed by atoms with van der Waals surface area (Å²) in [6, 6.07) is 8.37. The van der Waals surface area contributed by atoms with Crippen molar-refractivity contribution in [1.82, 2.24) is 30.4 Å². The highest BCUT2D eigenvalue weighted by Gasteiger charge is 2.51. The number of fused-ring (bicyclic) bond motifs is 1. The predicted molar refractivity (Wildman–Crippen MR) is 128 cm³/mol. The molecule has 0 spiro atoms. The van der Waals surface area contributed by atoms with Crippen molar-refractivity contribution in [3.63, 3.8) is 0 Å². The Hall–Kier alpha value is -2.60. The van der Waals surface area contributed by atoms with Crippen LogP contribution in [0.3, 0.4) is 0 Å². The molecule has 4 atom stereocenters. The van der Waals surface area contributed by atoms with E-state index in [4.69, 9.17) is 18.9 Å². The number of amides is 1. The second-order valence-electron chi connectivity index (χ2n) is 10.1. The Morgan fingerprint density at radius 3 is 2.61 bits per heavy atom. The van der Waals surface area contributed by atoms with Crippen LogP contribution in [0.1, 0.15) is 43.7 Å². The molecule has 3 aliphatic heterocycles. The van der Waals surface area contributed by atoms with Crippen molar-refractivity contribution in [2.24, 2.45) is 0 Å². The third-order valence-electron chi connectivity index (χ3n) is 7.70. The predicted octanol–water partition coefficient (Wildman–Crippen LogP) is 1.94. The maximum Gasteiger partial charge on any atom is 0.407 e. The first-order valence-electron chi connectivity index (χ1n) is 13.1. The third-order valence-corrected chi connectivity index (χ3v) is 7.70. The number of nitrogens with zero attached hydrogens (tertiary/aromatic N) is 5. The molecule has 194 valence electrons. The van der Waals surface area contributed by atoms with Gasteiger partial charge in [-0.15, -0.1) is 5.10 Å². The molecule has 1 aromatic carbocycles. The molecule has 1 saturated carbocycles. The van der Waals surface area contributed by atoms with Crippen LogP contribution in [0.25, 0.3) is 11.4 Å². The minimum Gasteiger partial charge on any atom is -0.441 e. The molecule has 1 aromatic heterocycles. The summed E-state index contributed by atoms with van der Waals surface area (Å²) in [7, 11) is 0. The molecule has 2 aromatic rings. The van der Waals surface area contributed by atoms with E-state index in [2.05, 4.69) is 50.0 Å². The largest absolute Gasteiger partial charge is 0.441 e. The standard InChI is InChI=1S/C25H34N6O5/c32-25(26-19-4-2-1-3-5-19)36-21-16-35-22-20(15-34-23(21)22)31-24(27-28-29-31)18-8-6-17(7-9-18)14-30-10-12-33-13-11-30/h6-9,19-23H,1-5,10-16H2,(H,26,32)/t20-,21+,22+,23+/m0/s1. The summed E-state index contributed by atoms with van der Waals surface area (Å²) in [5.74, 6) is 0.671. The Kier molecular flexibility index (Phi) is 7.13. The molecule has 0 bridgehead atoms. The molecule has 1 amide bonds. The van der Waals surface area contributed by atoms with E-state index in [0.29, 0.717) is 19.0 Å². The van der Waals surface area contributed by atoms with Gasteiger partial charge in [-0.3, -0.25) is 4.90 Å². The molecule has 4 heterocycles. The van der Waals surface area contributed by atoms with Gasteiger partial charge in [0.25, 0.3) is 0 Å². The molecular weight excluding hydrogens is 464 g/mol. The van der Waals surface area contributed by atoms with Gasteiger partial charge >= 0.3 is 6.09 Å². The first-order valence-corrected chi connectivity index (χ1v) is 13.1. The van der Waals surface area contributed by atoms with Crippen LogP contribution < -0.4 is 5.32 Å². The Morgan fingerprint density at radius 2 is 1.81 bits per heavy atom. The van der Waals surface area contributed by atoms with Crippen LogP contribution >= 0.6 is 0 Å². The molecule has 36 heavy (non-hydrogen) atoms. The minimum atomic E-state index is -0.442. The Labute approximate surface area is 210 Å². The lowest BCUT2D eigenvalue weighted by Crippen LogP contribution is -2.41. The second kappa shape index (κ2) is 10.8. The van der Waals surface area contributed by atoms with Gasteiger partial charge in [0.1, 0.15) is 18.2 Å². The topological polar surface area (TPSA) is 113 Å². The van der Waals surface area contributed by atoms with Crippen molar-refractivity contribution in [3.05, 3.63) is 29.8 Å². The number of carbonyl (C=O) groups is 1. The van der Waals surface area contributed by atoms with Crippen molar-refractivity contribution < 1.29 is 23.7 Å². The number of hydrogen-bond donors (Lipinski definition) is 1. The van der Waals surface area contributed by atoms with Crippen molar-refractivity contribution in [3.8, 4) is 11.4 Å². The molecule has 0 radical (unpaired) electrons. The van der Waals surface area contributed by atoms with Gasteiger partial charge in [-0.05, 0) is 28.8 Å². The number of carbonyl (C=O) groups excluding carboxylic acids is 1. The molecule has 6 rings (SSSR count). The van der Waals surface area contributed by atoms with Gasteiger partial charge in [0.15, 0.2) is 11.9 Å². The van der Waals surface area contributed by atoms with Crippen molar-refractivity contribution in [2.75, 3.05) is 39.5 Å². The van der Waals surface area contributed by atoms with E-state index in [9.17, 15) is 4.79 Å². The summed E-state index contributed by atoms with van der Waals surface area (Å²) >= 11 is 0. The van der Waals surface area contributed by atoms with E-state index < -0.39 is 6.10 Å². The van der Waals surface area contributed by atoms with Gasteiger partial charge in [0.2, 0.25) is 0 Å². The van der Waals surface area contributed by atoms with Crippen molar-refractivity contribution >= 4 is 6.09 Å². The highest BCUT2D eigenvalue weighted by Crippen LogP contribution is 2.37. The second-order valence-corrected chi connectivity index (χ2v) is 10.1. The van der Waals surface area contributed by atoms with Crippen LogP contribution in [0.4, 0.5) is 4.79 Å². The highest BCUT2D eigenvalue weighted by atomic mass is 16.6. The minimum absolute atomic E-state index is 0.192. The number of alkyl carbamates (subject to hydrolysis) is 1. The lowest BCUT2D eigenvalue weighted by molar-refractivity contribution is 0.00174. The number of aromatic nitrogens is 4. The van der Waals surface area contributed by atoms with Crippen LogP contribution in [0, 0.1) is 0 Å². The molecule has 11 heteroatoms. The fourth-order valence-corrected chi connectivity index (χ4v) is 5.72. The van der Waals surface area contributed by atoms with Crippen molar-refractivity contribution in [1.29, 1.82) is 0 Å². The number of tetrazole rings is 1. The van der Waals surface area contributed by atoms with E-state index in [0.717, 1.165) is 64.1 Å². The van der Waals surface area contributed by atoms with Crippen molar-refractivity contribution in [2.45, 2.75) is 69.0 Å². The Morgan fingerprint density at radius 1 is 1.03 bits per heavy atom. The van der Waals surface area contributed by atoms with Gasteiger partial charge in [-0.25, -0.2) is 9.48 Å². The van der Waals surface area contributed by atoms with Crippen LogP contribution in [-0.2, 0) is 25.5 Å². The van der Waals surface area contributed by atoms with Crippen LogP contribution in [-0.4, -0.2) is 95.1 Å². The van der Waals surface area contributed by atoms with Crippen LogP contribution in [0.5, 0.6) is 0 Å². The lowest BCUT2D eigenvalue weighted by atomic mass is 9.96. The molecular formula is C25H34N6O5. The summed E-state index contributed by atoms with van der Waals surface area (Å²) in [5, 5.41) is 15.5. The van der Waals surface area contributed by atoms with Gasteiger partial charge < -0.3 is 24.3 Å². The zero-order valence-corrected chi connectivity index (χ0v) is 20.5. The first kappa shape index (κ1) is 23.8. The van der Waals surface area contributed by atoms with Gasteiger partial charge in [-0.2, -0.15) is 0 Å². The smallest absolute Gasteiger partial charge is 0.407 e. The monoisotopic (exact) mass is 498 g/mol. The zero-order chi connectivity index (χ0) is 24.3. The van der Waals surface area contributed by atoms with Crippen LogP contribution in [0.15, 0.2) is 24.3 Å². The molecule has 3 saturated heterocycles. The fraction of sp³-hybridized carbons (Fsp3) is 0.680. The molecule has 1 N–H and O–H groups in total. The summed E-state index contributed by atoms with van der Waals surface area (Å²) in [4.78, 5) is 14.9. The number of benzene rings is 1.